The molecule has 3 nitrogen and oxygen atoms in total. The zero-order chi connectivity index (χ0) is 11.5. The van der Waals surface area contributed by atoms with E-state index in [0.717, 1.165) is 32.5 Å². The van der Waals surface area contributed by atoms with Gasteiger partial charge in [0, 0.05) is 12.7 Å². The van der Waals surface area contributed by atoms with Crippen LogP contribution in [0.15, 0.2) is 21.5 Å². The van der Waals surface area contributed by atoms with E-state index in [1.165, 1.54) is 0 Å². The van der Waals surface area contributed by atoms with E-state index >= 15 is 0 Å². The van der Waals surface area contributed by atoms with Gasteiger partial charge in [0.2, 0.25) is 0 Å². The molecule has 0 amide bonds. The molecule has 1 saturated heterocycles. The molecule has 1 aromatic rings. The van der Waals surface area contributed by atoms with Crippen molar-refractivity contribution in [2.45, 2.75) is 19.4 Å². The molecule has 1 aliphatic rings. The highest BCUT2D eigenvalue weighted by atomic mass is 79.9. The van der Waals surface area contributed by atoms with Gasteiger partial charge in [-0.25, -0.2) is 0 Å². The molecule has 0 saturated carbocycles. The molecule has 0 unspecified atom stereocenters. The number of hydrogen-bond acceptors (Lipinski definition) is 2. The Hall–Kier alpha value is -0.320. The largest absolute Gasteiger partial charge is 0.317 e. The average Bonchev–Trinajstić information content (AvgIpc) is 2.27. The second kappa shape index (κ2) is 5.34. The minimum Gasteiger partial charge on any atom is -0.317 e. The third-order valence-corrected chi connectivity index (χ3v) is 3.70. The average molecular weight is 306 g/mol. The SMILES string of the molecule is O=c1c(Br)cc(Cl)cn1CC1CCNCC1. The molecule has 0 aliphatic carbocycles. The number of hydrogen-bond donors (Lipinski definition) is 1. The summed E-state index contributed by atoms with van der Waals surface area (Å²) in [6.07, 6.45) is 3.96. The molecule has 0 atom stereocenters. The van der Waals surface area contributed by atoms with Crippen LogP contribution >= 0.6 is 27.5 Å². The Bertz CT molecular complexity index is 426. The maximum atomic E-state index is 11.8. The zero-order valence-electron chi connectivity index (χ0n) is 8.88. The van der Waals surface area contributed by atoms with Gasteiger partial charge >= 0.3 is 0 Å². The van der Waals surface area contributed by atoms with E-state index < -0.39 is 0 Å². The third kappa shape index (κ3) is 2.87. The molecule has 0 aromatic carbocycles. The maximum Gasteiger partial charge on any atom is 0.264 e. The first-order chi connectivity index (χ1) is 7.66. The smallest absolute Gasteiger partial charge is 0.264 e. The molecular formula is C11H14BrClN2O. The van der Waals surface area contributed by atoms with Crippen molar-refractivity contribution in [3.8, 4) is 0 Å². The van der Waals surface area contributed by atoms with Crippen molar-refractivity contribution in [2.24, 2.45) is 5.92 Å². The Kier molecular flexibility index (Phi) is 4.05. The zero-order valence-corrected chi connectivity index (χ0v) is 11.2. The van der Waals surface area contributed by atoms with Crippen LogP contribution in [-0.4, -0.2) is 17.7 Å². The van der Waals surface area contributed by atoms with Gasteiger partial charge in [0.25, 0.3) is 5.56 Å². The maximum absolute atomic E-state index is 11.8. The fourth-order valence-electron chi connectivity index (χ4n) is 2.04. The van der Waals surface area contributed by atoms with Crippen LogP contribution in [0.4, 0.5) is 0 Å². The summed E-state index contributed by atoms with van der Waals surface area (Å²) in [7, 11) is 0. The predicted octanol–water partition coefficient (Wildman–Crippen LogP) is 2.26. The predicted molar refractivity (Wildman–Crippen MR) is 69.0 cm³/mol. The summed E-state index contributed by atoms with van der Waals surface area (Å²) >= 11 is 9.17. The van der Waals surface area contributed by atoms with Crippen molar-refractivity contribution in [1.82, 2.24) is 9.88 Å². The lowest BCUT2D eigenvalue weighted by Crippen LogP contribution is -2.32. The molecular weight excluding hydrogens is 291 g/mol. The molecule has 0 spiro atoms. The van der Waals surface area contributed by atoms with Crippen LogP contribution < -0.4 is 10.9 Å². The molecule has 2 heterocycles. The van der Waals surface area contributed by atoms with Crippen LogP contribution in [0, 0.1) is 5.92 Å². The number of pyridine rings is 1. The van der Waals surface area contributed by atoms with Gasteiger partial charge in [0.1, 0.15) is 0 Å². The molecule has 2 rings (SSSR count). The summed E-state index contributed by atoms with van der Waals surface area (Å²) in [5.74, 6) is 0.573. The molecule has 0 bridgehead atoms. The minimum absolute atomic E-state index is 0.00272. The van der Waals surface area contributed by atoms with Crippen molar-refractivity contribution in [3.05, 3.63) is 32.1 Å². The molecule has 1 N–H and O–H groups in total. The summed E-state index contributed by atoms with van der Waals surface area (Å²) in [4.78, 5) is 11.8. The fraction of sp³-hybridized carbons (Fsp3) is 0.545. The first kappa shape index (κ1) is 12.1. The summed E-state index contributed by atoms with van der Waals surface area (Å²) < 4.78 is 2.25. The van der Waals surface area contributed by atoms with Gasteiger partial charge in [-0.15, -0.1) is 0 Å². The normalized spacial score (nSPS) is 17.6. The quantitative estimate of drug-likeness (QED) is 0.909. The minimum atomic E-state index is 0.00272. The van der Waals surface area contributed by atoms with Crippen LogP contribution in [0.1, 0.15) is 12.8 Å². The van der Waals surface area contributed by atoms with Gasteiger partial charge in [0.15, 0.2) is 0 Å². The van der Waals surface area contributed by atoms with E-state index in [1.807, 2.05) is 0 Å². The summed E-state index contributed by atoms with van der Waals surface area (Å²) in [6.45, 7) is 2.85. The molecule has 88 valence electrons. The number of piperidine rings is 1. The second-order valence-corrected chi connectivity index (χ2v) is 5.45. The van der Waals surface area contributed by atoms with E-state index in [0.29, 0.717) is 15.4 Å². The van der Waals surface area contributed by atoms with Crippen molar-refractivity contribution in [3.63, 3.8) is 0 Å². The van der Waals surface area contributed by atoms with Gasteiger partial charge in [-0.1, -0.05) is 11.6 Å². The van der Waals surface area contributed by atoms with Crippen LogP contribution in [0.3, 0.4) is 0 Å². The van der Waals surface area contributed by atoms with E-state index in [9.17, 15) is 4.79 Å². The van der Waals surface area contributed by atoms with Gasteiger partial charge < -0.3 is 9.88 Å². The van der Waals surface area contributed by atoms with Crippen LogP contribution in [0.2, 0.25) is 5.02 Å². The highest BCUT2D eigenvalue weighted by Crippen LogP contribution is 2.16. The molecule has 1 fully saturated rings. The van der Waals surface area contributed by atoms with Crippen LogP contribution in [0.25, 0.3) is 0 Å². The third-order valence-electron chi connectivity index (χ3n) is 2.92. The Morgan fingerprint density at radius 3 is 2.88 bits per heavy atom. The van der Waals surface area contributed by atoms with Gasteiger partial charge in [0.05, 0.1) is 9.50 Å². The topological polar surface area (TPSA) is 34.0 Å². The number of rotatable bonds is 2. The Morgan fingerprint density at radius 1 is 1.50 bits per heavy atom. The molecule has 1 aliphatic heterocycles. The van der Waals surface area contributed by atoms with Crippen molar-refractivity contribution in [2.75, 3.05) is 13.1 Å². The highest BCUT2D eigenvalue weighted by molar-refractivity contribution is 9.10. The monoisotopic (exact) mass is 304 g/mol. The van der Waals surface area contributed by atoms with Crippen LogP contribution in [0.5, 0.6) is 0 Å². The van der Waals surface area contributed by atoms with E-state index in [1.54, 1.807) is 16.8 Å². The Labute approximate surface area is 108 Å². The first-order valence-electron chi connectivity index (χ1n) is 5.43. The van der Waals surface area contributed by atoms with Gasteiger partial charge in [-0.05, 0) is 53.8 Å². The lowest BCUT2D eigenvalue weighted by Gasteiger charge is -2.23. The Balaban J connectivity index is 2.17. The van der Waals surface area contributed by atoms with E-state index in [2.05, 4.69) is 21.2 Å². The summed E-state index contributed by atoms with van der Waals surface area (Å²) in [5.41, 5.74) is 0.00272. The van der Waals surface area contributed by atoms with Crippen molar-refractivity contribution < 1.29 is 0 Å². The van der Waals surface area contributed by atoms with Gasteiger partial charge in [-0.3, -0.25) is 4.79 Å². The fourth-order valence-corrected chi connectivity index (χ4v) is 2.88. The van der Waals surface area contributed by atoms with Crippen molar-refractivity contribution >= 4 is 27.5 Å². The number of nitrogens with zero attached hydrogens (tertiary/aromatic N) is 1. The van der Waals surface area contributed by atoms with Gasteiger partial charge in [-0.2, -0.15) is 0 Å². The van der Waals surface area contributed by atoms with Crippen molar-refractivity contribution in [1.29, 1.82) is 0 Å². The van der Waals surface area contributed by atoms with E-state index in [-0.39, 0.29) is 5.56 Å². The lowest BCUT2D eigenvalue weighted by molar-refractivity contribution is 0.329. The van der Waals surface area contributed by atoms with E-state index in [4.69, 9.17) is 11.6 Å². The number of nitrogens with one attached hydrogen (secondary N) is 1. The second-order valence-electron chi connectivity index (χ2n) is 4.16. The summed E-state index contributed by atoms with van der Waals surface area (Å²) in [6, 6.07) is 1.64. The highest BCUT2D eigenvalue weighted by Gasteiger charge is 2.14. The molecule has 5 heteroatoms. The molecule has 1 aromatic heterocycles. The standard InChI is InChI=1S/C11H14BrClN2O/c12-10-5-9(13)7-15(11(10)16)6-8-1-3-14-4-2-8/h5,7-8,14H,1-4,6H2. The number of halogens is 2. The molecule has 16 heavy (non-hydrogen) atoms. The number of aromatic nitrogens is 1. The molecule has 0 radical (unpaired) electrons. The summed E-state index contributed by atoms with van der Waals surface area (Å²) in [5, 5.41) is 3.91. The first-order valence-corrected chi connectivity index (χ1v) is 6.60. The van der Waals surface area contributed by atoms with Crippen LogP contribution in [-0.2, 0) is 6.54 Å². The Morgan fingerprint density at radius 2 is 2.19 bits per heavy atom. The lowest BCUT2D eigenvalue weighted by atomic mass is 9.98.